The van der Waals surface area contributed by atoms with Gasteiger partial charge in [0.05, 0.1) is 0 Å². The first-order chi connectivity index (χ1) is 2.77. The van der Waals surface area contributed by atoms with Gasteiger partial charge in [0.15, 0.2) is 6.29 Å². The molecule has 3 nitrogen and oxygen atoms in total. The maximum Gasteiger partial charge on any atom is 0.191 e. The Hall–Kier alpha value is -0.120. The Balaban J connectivity index is 2.63. The van der Waals surface area contributed by atoms with Crippen molar-refractivity contribution in [3.05, 3.63) is 0 Å². The Labute approximate surface area is 35.9 Å². The standard InChI is InChI=1S/C3H7O3/c4-2-1-3(5)6/h3-5H,1-2H2. The maximum atomic E-state index is 9.52. The largest absolute Gasteiger partial charge is 0.396 e. The van der Waals surface area contributed by atoms with Gasteiger partial charge in [-0.1, -0.05) is 0 Å². The average Bonchev–Trinajstić information content (AvgIpc) is 1.35. The Morgan fingerprint density at radius 1 is 1.67 bits per heavy atom. The van der Waals surface area contributed by atoms with Crippen LogP contribution in [0.5, 0.6) is 0 Å². The number of aliphatic hydroxyl groups excluding tert-OH is 2. The Bertz CT molecular complexity index is 27.2. The lowest BCUT2D eigenvalue weighted by molar-refractivity contribution is -0.102. The molecule has 2 N–H and O–H groups in total. The molecule has 0 aromatic rings. The molecule has 0 aromatic heterocycles. The van der Waals surface area contributed by atoms with Crippen LogP contribution in [-0.4, -0.2) is 23.1 Å². The van der Waals surface area contributed by atoms with E-state index >= 15 is 0 Å². The summed E-state index contributed by atoms with van der Waals surface area (Å²) in [5, 5.41) is 25.2. The van der Waals surface area contributed by atoms with Crippen molar-refractivity contribution in [1.29, 1.82) is 0 Å². The molecule has 0 bridgehead atoms. The first kappa shape index (κ1) is 5.88. The van der Waals surface area contributed by atoms with Gasteiger partial charge in [0.2, 0.25) is 0 Å². The third kappa shape index (κ3) is 3.88. The van der Waals surface area contributed by atoms with Gasteiger partial charge in [-0.2, -0.15) is 0 Å². The van der Waals surface area contributed by atoms with E-state index in [1.54, 1.807) is 0 Å². The molecule has 0 aliphatic rings. The lowest BCUT2D eigenvalue weighted by Crippen LogP contribution is -2.03. The Morgan fingerprint density at radius 3 is 2.17 bits per heavy atom. The summed E-state index contributed by atoms with van der Waals surface area (Å²) < 4.78 is 0. The quantitative estimate of drug-likeness (QED) is 0.433. The zero-order valence-electron chi connectivity index (χ0n) is 3.29. The molecule has 0 fully saturated rings. The van der Waals surface area contributed by atoms with Gasteiger partial charge in [0.1, 0.15) is 0 Å². The lowest BCUT2D eigenvalue weighted by Gasteiger charge is -1.91. The summed E-state index contributed by atoms with van der Waals surface area (Å²) in [6.07, 6.45) is -1.67. The van der Waals surface area contributed by atoms with Crippen LogP contribution in [0.2, 0.25) is 0 Å². The molecule has 1 atom stereocenters. The summed E-state index contributed by atoms with van der Waals surface area (Å²) in [6.45, 7) is -0.231. The van der Waals surface area contributed by atoms with Gasteiger partial charge < -0.3 is 10.2 Å². The third-order valence-corrected chi connectivity index (χ3v) is 0.376. The number of aliphatic hydroxyl groups is 2. The van der Waals surface area contributed by atoms with E-state index in [1.165, 1.54) is 0 Å². The fourth-order valence-corrected chi connectivity index (χ4v) is 0.110. The van der Waals surface area contributed by atoms with Crippen LogP contribution in [0.25, 0.3) is 0 Å². The molecule has 1 radical (unpaired) electrons. The van der Waals surface area contributed by atoms with E-state index in [0.717, 1.165) is 0 Å². The van der Waals surface area contributed by atoms with Crippen LogP contribution >= 0.6 is 0 Å². The molecule has 0 saturated heterocycles. The minimum atomic E-state index is -1.60. The summed E-state index contributed by atoms with van der Waals surface area (Å²) in [4.78, 5) is 0. The topological polar surface area (TPSA) is 60.4 Å². The summed E-state index contributed by atoms with van der Waals surface area (Å²) in [7, 11) is 0. The predicted octanol–water partition coefficient (Wildman–Crippen LogP) is -0.882. The van der Waals surface area contributed by atoms with E-state index in [-0.39, 0.29) is 13.0 Å². The van der Waals surface area contributed by atoms with Crippen LogP contribution in [-0.2, 0) is 5.11 Å². The highest BCUT2D eigenvalue weighted by atomic mass is 16.5. The normalized spacial score (nSPS) is 10.0. The molecular formula is C3H7O3. The van der Waals surface area contributed by atoms with Gasteiger partial charge in [-0.15, -0.1) is 0 Å². The van der Waals surface area contributed by atoms with Crippen molar-refractivity contribution in [3.8, 4) is 0 Å². The number of hydrogen-bond acceptors (Lipinski definition) is 2. The van der Waals surface area contributed by atoms with Gasteiger partial charge in [0.25, 0.3) is 0 Å². The first-order valence-corrected chi connectivity index (χ1v) is 1.72. The van der Waals surface area contributed by atoms with Gasteiger partial charge in [0, 0.05) is 13.0 Å². The highest BCUT2D eigenvalue weighted by molar-refractivity contribution is 4.30. The Kier molecular flexibility index (Phi) is 3.02. The van der Waals surface area contributed by atoms with Crippen molar-refractivity contribution >= 4 is 0 Å². The number of hydrogen-bond donors (Lipinski definition) is 2. The van der Waals surface area contributed by atoms with E-state index < -0.39 is 6.29 Å². The van der Waals surface area contributed by atoms with Gasteiger partial charge in [-0.3, -0.25) is 0 Å². The molecule has 0 aliphatic carbocycles. The molecule has 0 aromatic carbocycles. The second-order valence-corrected chi connectivity index (χ2v) is 0.967. The minimum absolute atomic E-state index is 0.0694. The van der Waals surface area contributed by atoms with Crippen LogP contribution in [0, 0.1) is 0 Å². The monoisotopic (exact) mass is 91.0 g/mol. The van der Waals surface area contributed by atoms with Crippen LogP contribution in [0.15, 0.2) is 0 Å². The molecular weight excluding hydrogens is 84.0 g/mol. The summed E-state index contributed by atoms with van der Waals surface area (Å²) in [6, 6.07) is 0. The average molecular weight is 91.1 g/mol. The Morgan fingerprint density at radius 2 is 2.17 bits per heavy atom. The van der Waals surface area contributed by atoms with E-state index in [2.05, 4.69) is 0 Å². The SMILES string of the molecule is [O]C(O)CCO. The van der Waals surface area contributed by atoms with Crippen molar-refractivity contribution in [2.75, 3.05) is 6.61 Å². The molecule has 0 saturated carbocycles. The molecule has 0 rings (SSSR count). The highest BCUT2D eigenvalue weighted by Gasteiger charge is 1.93. The third-order valence-electron chi connectivity index (χ3n) is 0.376. The summed E-state index contributed by atoms with van der Waals surface area (Å²) in [5.74, 6) is 0. The van der Waals surface area contributed by atoms with E-state index in [4.69, 9.17) is 10.2 Å². The van der Waals surface area contributed by atoms with Crippen molar-refractivity contribution in [2.45, 2.75) is 12.7 Å². The lowest BCUT2D eigenvalue weighted by atomic mass is 10.5. The van der Waals surface area contributed by atoms with Crippen molar-refractivity contribution < 1.29 is 15.3 Å². The van der Waals surface area contributed by atoms with Crippen LogP contribution in [0.4, 0.5) is 0 Å². The van der Waals surface area contributed by atoms with Gasteiger partial charge >= 0.3 is 0 Å². The van der Waals surface area contributed by atoms with Gasteiger partial charge in [-0.25, -0.2) is 5.11 Å². The second kappa shape index (κ2) is 3.08. The van der Waals surface area contributed by atoms with Gasteiger partial charge in [-0.05, 0) is 0 Å². The van der Waals surface area contributed by atoms with Crippen molar-refractivity contribution in [1.82, 2.24) is 0 Å². The summed E-state index contributed by atoms with van der Waals surface area (Å²) in [5.41, 5.74) is 0. The zero-order chi connectivity index (χ0) is 4.99. The van der Waals surface area contributed by atoms with E-state index in [0.29, 0.717) is 0 Å². The molecule has 0 aliphatic heterocycles. The molecule has 6 heavy (non-hydrogen) atoms. The van der Waals surface area contributed by atoms with Crippen molar-refractivity contribution in [3.63, 3.8) is 0 Å². The van der Waals surface area contributed by atoms with E-state index in [9.17, 15) is 5.11 Å². The smallest absolute Gasteiger partial charge is 0.191 e. The zero-order valence-corrected chi connectivity index (χ0v) is 3.29. The maximum absolute atomic E-state index is 9.52. The fraction of sp³-hybridized carbons (Fsp3) is 1.00. The summed E-state index contributed by atoms with van der Waals surface area (Å²) >= 11 is 0. The molecule has 37 valence electrons. The minimum Gasteiger partial charge on any atom is -0.396 e. The second-order valence-electron chi connectivity index (χ2n) is 0.967. The molecule has 1 unspecified atom stereocenters. The molecule has 0 amide bonds. The van der Waals surface area contributed by atoms with Crippen LogP contribution in [0.3, 0.4) is 0 Å². The first-order valence-electron chi connectivity index (χ1n) is 1.72. The number of rotatable bonds is 2. The van der Waals surface area contributed by atoms with Crippen LogP contribution < -0.4 is 0 Å². The molecule has 0 spiro atoms. The van der Waals surface area contributed by atoms with Crippen LogP contribution in [0.1, 0.15) is 6.42 Å². The fourth-order valence-electron chi connectivity index (χ4n) is 0.110. The predicted molar refractivity (Wildman–Crippen MR) is 18.4 cm³/mol. The molecule has 3 heteroatoms. The van der Waals surface area contributed by atoms with Crippen molar-refractivity contribution in [2.24, 2.45) is 0 Å². The highest BCUT2D eigenvalue weighted by Crippen LogP contribution is 1.80. The molecule has 0 heterocycles. The van der Waals surface area contributed by atoms with E-state index in [1.807, 2.05) is 0 Å².